The van der Waals surface area contributed by atoms with Crippen LogP contribution in [0.1, 0.15) is 0 Å². The van der Waals surface area contributed by atoms with E-state index in [4.69, 9.17) is 9.97 Å². The highest BCUT2D eigenvalue weighted by Gasteiger charge is 2.42. The maximum absolute atomic E-state index is 5.32. The summed E-state index contributed by atoms with van der Waals surface area (Å²) in [5.74, 6) is 0.690. The molecule has 0 fully saturated rings. The van der Waals surface area contributed by atoms with Crippen molar-refractivity contribution in [2.24, 2.45) is 0 Å². The highest BCUT2D eigenvalue weighted by molar-refractivity contribution is 7.26. The lowest BCUT2D eigenvalue weighted by molar-refractivity contribution is 1.17. The zero-order valence-electron chi connectivity index (χ0n) is 44.9. The van der Waals surface area contributed by atoms with Crippen molar-refractivity contribution in [1.29, 1.82) is 0 Å². The summed E-state index contributed by atoms with van der Waals surface area (Å²) < 4.78 is 5.09. The van der Waals surface area contributed by atoms with Gasteiger partial charge in [0.05, 0.1) is 28.1 Å². The molecule has 15 aromatic rings. The molecule has 0 radical (unpaired) electrons. The number of hydrogen-bond donors (Lipinski definition) is 0. The highest BCUT2D eigenvalue weighted by Crippen LogP contribution is 2.47. The minimum Gasteiger partial charge on any atom is -0.311 e. The Hall–Kier alpha value is -10.6. The monoisotopic (exact) mass is 1070 g/mol. The molecular weight excluding hydrogens is 1030 g/mol. The molecule has 0 unspecified atom stereocenters. The van der Waals surface area contributed by atoms with Crippen LogP contribution < -0.4 is 26.2 Å². The summed E-state index contributed by atoms with van der Waals surface area (Å²) in [5, 5.41) is 5.11. The quantitative estimate of drug-likeness (QED) is 0.142. The smallest absolute Gasteiger partial charge is 0.252 e. The summed E-state index contributed by atoms with van der Waals surface area (Å²) in [6.45, 7) is 0.0934. The average Bonchev–Trinajstić information content (AvgIpc) is 3.02. The van der Waals surface area contributed by atoms with Crippen molar-refractivity contribution in [3.05, 3.63) is 291 Å². The molecule has 0 amide bonds. The van der Waals surface area contributed by atoms with E-state index in [0.29, 0.717) is 5.82 Å². The van der Waals surface area contributed by atoms with Crippen LogP contribution in [0.3, 0.4) is 0 Å². The van der Waals surface area contributed by atoms with E-state index in [9.17, 15) is 0 Å². The molecule has 0 saturated carbocycles. The molecule has 0 atom stereocenters. The highest BCUT2D eigenvalue weighted by atomic mass is 32.1. The molecule has 17 rings (SSSR count). The second kappa shape index (κ2) is 19.0. The summed E-state index contributed by atoms with van der Waals surface area (Å²) in [4.78, 5) is 15.4. The van der Waals surface area contributed by atoms with Crippen LogP contribution in [0.15, 0.2) is 291 Å². The summed E-state index contributed by atoms with van der Waals surface area (Å²) in [5.41, 5.74) is 23.7. The Bertz CT molecular complexity index is 4980. The Morgan fingerprint density at radius 1 is 0.325 bits per heavy atom. The minimum absolute atomic E-state index is 0.0934. The molecule has 0 spiro atoms. The molecule has 386 valence electrons. The Kier molecular flexibility index (Phi) is 10.8. The van der Waals surface area contributed by atoms with E-state index in [1.165, 1.54) is 81.1 Å². The maximum atomic E-state index is 5.32. The summed E-state index contributed by atoms with van der Waals surface area (Å²) in [6, 6.07) is 106. The largest absolute Gasteiger partial charge is 0.311 e. The molecule has 0 saturated heterocycles. The van der Waals surface area contributed by atoms with Crippen molar-refractivity contribution in [1.82, 2.24) is 14.5 Å². The van der Waals surface area contributed by atoms with Crippen LogP contribution in [0, 0.1) is 0 Å². The fourth-order valence-electron chi connectivity index (χ4n) is 13.3. The van der Waals surface area contributed by atoms with Gasteiger partial charge in [-0.3, -0.25) is 0 Å². The normalized spacial score (nSPS) is 12.5. The topological polar surface area (TPSA) is 37.2 Å². The lowest BCUT2D eigenvalue weighted by atomic mass is 9.33. The van der Waals surface area contributed by atoms with Crippen molar-refractivity contribution in [3.63, 3.8) is 0 Å². The first-order valence-corrected chi connectivity index (χ1v) is 29.2. The number of aromatic nitrogens is 3. The van der Waals surface area contributed by atoms with E-state index in [-0.39, 0.29) is 6.71 Å². The van der Waals surface area contributed by atoms with E-state index in [1.807, 2.05) is 35.6 Å². The molecule has 2 aliphatic rings. The van der Waals surface area contributed by atoms with E-state index in [2.05, 4.69) is 281 Å². The van der Waals surface area contributed by atoms with E-state index in [1.54, 1.807) is 0 Å². The first kappa shape index (κ1) is 47.2. The van der Waals surface area contributed by atoms with Gasteiger partial charge in [0.15, 0.2) is 5.82 Å². The Labute approximate surface area is 485 Å². The van der Waals surface area contributed by atoms with Gasteiger partial charge in [0, 0.05) is 87.3 Å². The van der Waals surface area contributed by atoms with Gasteiger partial charge in [-0.1, -0.05) is 206 Å². The van der Waals surface area contributed by atoms with Crippen LogP contribution in [-0.2, 0) is 0 Å². The number of anilines is 6. The Balaban J connectivity index is 0.797. The van der Waals surface area contributed by atoms with Gasteiger partial charge in [-0.2, -0.15) is 0 Å². The zero-order chi connectivity index (χ0) is 54.5. The van der Waals surface area contributed by atoms with Crippen LogP contribution in [0.2, 0.25) is 0 Å². The molecule has 5 heterocycles. The van der Waals surface area contributed by atoms with Crippen LogP contribution >= 0.6 is 11.3 Å². The molecule has 12 aromatic carbocycles. The summed E-state index contributed by atoms with van der Waals surface area (Å²) in [7, 11) is 0. The first-order valence-electron chi connectivity index (χ1n) is 28.3. The van der Waals surface area contributed by atoms with Crippen LogP contribution in [-0.4, -0.2) is 21.2 Å². The fourth-order valence-corrected chi connectivity index (χ4v) is 14.6. The molecular formula is C76H48BN5S. The Morgan fingerprint density at radius 3 is 1.55 bits per heavy atom. The molecule has 0 aliphatic carbocycles. The first-order chi connectivity index (χ1) is 41.2. The van der Waals surface area contributed by atoms with Gasteiger partial charge in [-0.25, -0.2) is 9.97 Å². The fraction of sp³-hybridized carbons (Fsp3) is 0. The predicted octanol–water partition coefficient (Wildman–Crippen LogP) is 18.4. The minimum atomic E-state index is 0.0934. The number of nitrogens with zero attached hydrogens (tertiary/aromatic N) is 5. The van der Waals surface area contributed by atoms with Crippen LogP contribution in [0.5, 0.6) is 0 Å². The van der Waals surface area contributed by atoms with Crippen molar-refractivity contribution in [2.75, 3.05) is 9.80 Å². The van der Waals surface area contributed by atoms with Gasteiger partial charge in [-0.05, 0) is 118 Å². The third kappa shape index (κ3) is 7.55. The predicted molar refractivity (Wildman–Crippen MR) is 350 cm³/mol. The third-order valence-electron chi connectivity index (χ3n) is 17.0. The molecule has 83 heavy (non-hydrogen) atoms. The van der Waals surface area contributed by atoms with Gasteiger partial charge in [0.25, 0.3) is 6.71 Å². The van der Waals surface area contributed by atoms with Gasteiger partial charge < -0.3 is 14.4 Å². The van der Waals surface area contributed by atoms with Crippen molar-refractivity contribution in [2.45, 2.75) is 0 Å². The number of fused-ring (bicyclic) bond motifs is 11. The van der Waals surface area contributed by atoms with E-state index >= 15 is 0 Å². The second-order valence-corrected chi connectivity index (χ2v) is 22.7. The summed E-state index contributed by atoms with van der Waals surface area (Å²) in [6.07, 6.45) is 0. The number of rotatable bonds is 8. The van der Waals surface area contributed by atoms with Crippen molar-refractivity contribution >= 4 is 111 Å². The van der Waals surface area contributed by atoms with Crippen LogP contribution in [0.4, 0.5) is 34.1 Å². The van der Waals surface area contributed by atoms with Crippen LogP contribution in [0.25, 0.3) is 104 Å². The maximum Gasteiger partial charge on any atom is 0.252 e. The standard InChI is InChI=1S/C76H48BN5S/c1-4-19-52(20-5-1)63-48-64(79-76(78-63)53-21-6-2-7-22-53)54-41-45-66(82-65-29-14-10-26-59(65)73-69(82)46-44-58-57-25-11-17-34-72(57)83-75(58)73)60(47-54)51-37-35-49(36-38-51)50-39-42-56(43-40-50)81-68-31-16-13-28-62(68)77-61-27-12-15-30-67(61)80(55-23-8-3-9-24-55)70-32-18-33-71(81)74(70)77/h1-48H. The Morgan fingerprint density at radius 2 is 0.855 bits per heavy atom. The lowest BCUT2D eigenvalue weighted by Crippen LogP contribution is -2.61. The number of para-hydroxylation sites is 4. The summed E-state index contributed by atoms with van der Waals surface area (Å²) >= 11 is 1.89. The van der Waals surface area contributed by atoms with Crippen molar-refractivity contribution < 1.29 is 0 Å². The third-order valence-corrected chi connectivity index (χ3v) is 18.2. The SMILES string of the molecule is c1ccc(-c2cc(-c3ccc(-n4c5ccccc5c5c6sc7ccccc7c6ccc54)c(-c4ccc(-c5ccc(N6c7ccccc7B7c8ccccc8N(c8ccccc8)c8cccc6c87)cc5)cc4)c3)nc(-c3ccccc3)n2)cc1. The molecule has 2 aliphatic heterocycles. The van der Waals surface area contributed by atoms with Gasteiger partial charge in [-0.15, -0.1) is 11.3 Å². The number of benzene rings is 12. The molecule has 5 nitrogen and oxygen atoms in total. The number of hydrogen-bond acceptors (Lipinski definition) is 5. The van der Waals surface area contributed by atoms with Crippen molar-refractivity contribution in [3.8, 4) is 61.8 Å². The molecule has 3 aromatic heterocycles. The van der Waals surface area contributed by atoms with Gasteiger partial charge >= 0.3 is 0 Å². The molecule has 0 bridgehead atoms. The molecule has 0 N–H and O–H groups in total. The number of thiophene rings is 1. The average molecular weight is 1070 g/mol. The van der Waals surface area contributed by atoms with Gasteiger partial charge in [0.1, 0.15) is 0 Å². The lowest BCUT2D eigenvalue weighted by Gasteiger charge is -2.44. The molecule has 7 heteroatoms. The second-order valence-electron chi connectivity index (χ2n) is 21.6. The van der Waals surface area contributed by atoms with E-state index < -0.39 is 0 Å². The van der Waals surface area contributed by atoms with Gasteiger partial charge in [0.2, 0.25) is 0 Å². The zero-order valence-corrected chi connectivity index (χ0v) is 45.8. The van der Waals surface area contributed by atoms with E-state index in [0.717, 1.165) is 67.4 Å².